The fourth-order valence-corrected chi connectivity index (χ4v) is 3.41. The quantitative estimate of drug-likeness (QED) is 0.658. The Morgan fingerprint density at radius 2 is 1.62 bits per heavy atom. The van der Waals surface area contributed by atoms with Crippen LogP contribution < -0.4 is 10.1 Å². The average Bonchev–Trinajstić information content (AvgIpc) is 2.70. The Bertz CT molecular complexity index is 783. The van der Waals surface area contributed by atoms with Crippen molar-refractivity contribution in [3.8, 4) is 5.75 Å². The highest BCUT2D eigenvalue weighted by molar-refractivity contribution is 5.81. The van der Waals surface area contributed by atoms with E-state index < -0.39 is 29.1 Å². The van der Waals surface area contributed by atoms with Crippen molar-refractivity contribution in [3.63, 3.8) is 0 Å². The van der Waals surface area contributed by atoms with Gasteiger partial charge in [0.1, 0.15) is 17.4 Å². The Morgan fingerprint density at radius 1 is 1.03 bits per heavy atom. The average molecular weight is 450 g/mol. The topological polar surface area (TPSA) is 108 Å². The number of carbonyl (C=O) groups is 3. The molecule has 1 heterocycles. The molecule has 0 radical (unpaired) electrons. The highest BCUT2D eigenvalue weighted by Gasteiger charge is 2.37. The van der Waals surface area contributed by atoms with Crippen LogP contribution in [0.15, 0.2) is 30.3 Å². The highest BCUT2D eigenvalue weighted by Crippen LogP contribution is 2.27. The van der Waals surface area contributed by atoms with Crippen LogP contribution in [-0.2, 0) is 9.53 Å². The second-order valence-electron chi connectivity index (χ2n) is 9.67. The van der Waals surface area contributed by atoms with Gasteiger partial charge in [-0.15, -0.1) is 0 Å². The summed E-state index contributed by atoms with van der Waals surface area (Å²) in [7, 11) is 0. The van der Waals surface area contributed by atoms with Crippen molar-refractivity contribution in [3.05, 3.63) is 30.3 Å². The normalized spacial score (nSPS) is 16.2. The molecule has 0 spiro atoms. The molecule has 2 amide bonds. The van der Waals surface area contributed by atoms with Gasteiger partial charge in [0.25, 0.3) is 0 Å². The zero-order valence-corrected chi connectivity index (χ0v) is 19.6. The van der Waals surface area contributed by atoms with Crippen LogP contribution in [0.3, 0.4) is 0 Å². The molecule has 2 N–H and O–H groups in total. The molecule has 9 nitrogen and oxygen atoms in total. The Balaban J connectivity index is 1.85. The first-order valence-corrected chi connectivity index (χ1v) is 10.8. The molecule has 0 aromatic heterocycles. The Morgan fingerprint density at radius 3 is 2.16 bits per heavy atom. The Labute approximate surface area is 189 Å². The maximum atomic E-state index is 12.2. The predicted octanol–water partition coefficient (Wildman–Crippen LogP) is 3.20. The van der Waals surface area contributed by atoms with E-state index in [0.717, 1.165) is 0 Å². The van der Waals surface area contributed by atoms with Crippen LogP contribution in [0, 0.1) is 5.41 Å². The number of para-hydroxylation sites is 1. The molecule has 1 aromatic carbocycles. The molecule has 1 aromatic rings. The number of amides is 2. The van der Waals surface area contributed by atoms with E-state index in [2.05, 4.69) is 10.2 Å². The molecule has 178 valence electrons. The first kappa shape index (κ1) is 25.5. The lowest BCUT2D eigenvalue weighted by Gasteiger charge is -2.38. The summed E-state index contributed by atoms with van der Waals surface area (Å²) in [5.74, 6) is -0.774. The number of piperazine rings is 1. The van der Waals surface area contributed by atoms with Gasteiger partial charge < -0.3 is 24.8 Å². The molecular formula is C23H35N3O6. The molecule has 1 fully saturated rings. The summed E-state index contributed by atoms with van der Waals surface area (Å²) < 4.78 is 10.6. The summed E-state index contributed by atoms with van der Waals surface area (Å²) in [6, 6.07) is 7.38. The molecule has 1 aliphatic heterocycles. The standard InChI is InChI=1S/C23H35N3O6/c1-22(2,3)32-21(30)26-15-13-25(14-16-26)12-11-23(4,5)18(19(27)28)24-20(29)31-17-9-7-6-8-10-17/h6-10,18H,11-16H2,1-5H3,(H,24,29)(H,27,28). The van der Waals surface area contributed by atoms with Crippen molar-refractivity contribution in [1.82, 2.24) is 15.1 Å². The monoisotopic (exact) mass is 449 g/mol. The van der Waals surface area contributed by atoms with Gasteiger partial charge in [-0.2, -0.15) is 0 Å². The zero-order chi connectivity index (χ0) is 23.9. The van der Waals surface area contributed by atoms with Crippen LogP contribution >= 0.6 is 0 Å². The summed E-state index contributed by atoms with van der Waals surface area (Å²) in [6.45, 7) is 12.3. The fourth-order valence-electron chi connectivity index (χ4n) is 3.41. The molecule has 1 atom stereocenters. The van der Waals surface area contributed by atoms with Gasteiger partial charge in [0.15, 0.2) is 0 Å². The van der Waals surface area contributed by atoms with E-state index in [1.807, 2.05) is 34.6 Å². The number of nitrogens with zero attached hydrogens (tertiary/aromatic N) is 2. The van der Waals surface area contributed by atoms with E-state index in [9.17, 15) is 19.5 Å². The number of hydrogen-bond donors (Lipinski definition) is 2. The van der Waals surface area contributed by atoms with Gasteiger partial charge in [0.05, 0.1) is 0 Å². The third kappa shape index (κ3) is 8.03. The van der Waals surface area contributed by atoms with Crippen LogP contribution in [0.1, 0.15) is 41.0 Å². The number of nitrogens with one attached hydrogen (secondary N) is 1. The second-order valence-corrected chi connectivity index (χ2v) is 9.67. The van der Waals surface area contributed by atoms with Gasteiger partial charge in [-0.25, -0.2) is 14.4 Å². The van der Waals surface area contributed by atoms with Crippen LogP contribution in [0.2, 0.25) is 0 Å². The molecular weight excluding hydrogens is 414 g/mol. The van der Waals surface area contributed by atoms with E-state index in [4.69, 9.17) is 9.47 Å². The van der Waals surface area contributed by atoms with Crippen molar-refractivity contribution in [2.24, 2.45) is 5.41 Å². The number of ether oxygens (including phenoxy) is 2. The van der Waals surface area contributed by atoms with Crippen molar-refractivity contribution in [2.75, 3.05) is 32.7 Å². The number of carbonyl (C=O) groups excluding carboxylic acids is 2. The fraction of sp³-hybridized carbons (Fsp3) is 0.609. The van der Waals surface area contributed by atoms with Gasteiger partial charge in [-0.3, -0.25) is 4.90 Å². The summed E-state index contributed by atoms with van der Waals surface area (Å²) in [4.78, 5) is 40.2. The largest absolute Gasteiger partial charge is 0.480 e. The molecule has 1 saturated heterocycles. The van der Waals surface area contributed by atoms with E-state index in [-0.39, 0.29) is 6.09 Å². The Hall–Kier alpha value is -2.81. The zero-order valence-electron chi connectivity index (χ0n) is 19.6. The third-order valence-corrected chi connectivity index (χ3v) is 5.34. The molecule has 0 saturated carbocycles. The first-order valence-electron chi connectivity index (χ1n) is 10.8. The highest BCUT2D eigenvalue weighted by atomic mass is 16.6. The van der Waals surface area contributed by atoms with Crippen molar-refractivity contribution in [2.45, 2.75) is 52.7 Å². The summed E-state index contributed by atoms with van der Waals surface area (Å²) in [5.41, 5.74) is -1.25. The van der Waals surface area contributed by atoms with E-state index in [1.165, 1.54) is 0 Å². The lowest BCUT2D eigenvalue weighted by molar-refractivity contribution is -0.142. The van der Waals surface area contributed by atoms with E-state index >= 15 is 0 Å². The van der Waals surface area contributed by atoms with Gasteiger partial charge in [-0.1, -0.05) is 32.0 Å². The van der Waals surface area contributed by atoms with Crippen molar-refractivity contribution < 1.29 is 29.0 Å². The summed E-state index contributed by atoms with van der Waals surface area (Å²) >= 11 is 0. The maximum Gasteiger partial charge on any atom is 0.413 e. The number of rotatable bonds is 7. The van der Waals surface area contributed by atoms with Crippen LogP contribution in [0.4, 0.5) is 9.59 Å². The molecule has 32 heavy (non-hydrogen) atoms. The number of carboxylic acids is 1. The summed E-state index contributed by atoms with van der Waals surface area (Å²) in [5, 5.41) is 12.2. The van der Waals surface area contributed by atoms with E-state index in [1.54, 1.807) is 35.2 Å². The van der Waals surface area contributed by atoms with E-state index in [0.29, 0.717) is 44.9 Å². The predicted molar refractivity (Wildman–Crippen MR) is 120 cm³/mol. The van der Waals surface area contributed by atoms with Crippen LogP contribution in [0.5, 0.6) is 5.75 Å². The number of carboxylic acid groups (broad SMARTS) is 1. The SMILES string of the molecule is CC(C)(C)OC(=O)N1CCN(CCC(C)(C)C(NC(=O)Oc2ccccc2)C(=O)O)CC1. The smallest absolute Gasteiger partial charge is 0.413 e. The number of benzene rings is 1. The molecule has 1 unspecified atom stereocenters. The molecule has 1 aliphatic rings. The van der Waals surface area contributed by atoms with Gasteiger partial charge in [0, 0.05) is 26.2 Å². The maximum absolute atomic E-state index is 12.2. The van der Waals surface area contributed by atoms with Crippen molar-refractivity contribution in [1.29, 1.82) is 0 Å². The number of aliphatic carboxylic acids is 1. The second kappa shape index (κ2) is 10.7. The van der Waals surface area contributed by atoms with Crippen LogP contribution in [-0.4, -0.2) is 77.4 Å². The van der Waals surface area contributed by atoms with Gasteiger partial charge in [-0.05, 0) is 51.3 Å². The first-order chi connectivity index (χ1) is 14.9. The van der Waals surface area contributed by atoms with Gasteiger partial charge >= 0.3 is 18.2 Å². The lowest BCUT2D eigenvalue weighted by atomic mass is 9.81. The third-order valence-electron chi connectivity index (χ3n) is 5.34. The summed E-state index contributed by atoms with van der Waals surface area (Å²) in [6.07, 6.45) is -0.575. The molecule has 0 aliphatic carbocycles. The molecule has 0 bridgehead atoms. The molecule has 2 rings (SSSR count). The minimum absolute atomic E-state index is 0.315. The van der Waals surface area contributed by atoms with Gasteiger partial charge in [0.2, 0.25) is 0 Å². The van der Waals surface area contributed by atoms with Crippen LogP contribution in [0.25, 0.3) is 0 Å². The molecule has 9 heteroatoms. The minimum Gasteiger partial charge on any atom is -0.480 e. The van der Waals surface area contributed by atoms with Crippen molar-refractivity contribution >= 4 is 18.2 Å². The number of hydrogen-bond acceptors (Lipinski definition) is 6. The lowest BCUT2D eigenvalue weighted by Crippen LogP contribution is -2.53. The Kier molecular flexibility index (Phi) is 8.49. The minimum atomic E-state index is -1.12.